The van der Waals surface area contributed by atoms with Crippen molar-refractivity contribution in [3.63, 3.8) is 0 Å². The van der Waals surface area contributed by atoms with Gasteiger partial charge in [-0.25, -0.2) is 4.79 Å². The zero-order chi connectivity index (χ0) is 23.2. The summed E-state index contributed by atoms with van der Waals surface area (Å²) < 4.78 is 5.31. The van der Waals surface area contributed by atoms with E-state index in [1.165, 1.54) is 13.8 Å². The third-order valence-corrected chi connectivity index (χ3v) is 4.23. The largest absolute Gasteiger partial charge is 0.456 e. The molecular formula is C24H34ClNO3. The Balaban J connectivity index is 0. The van der Waals surface area contributed by atoms with Crippen LogP contribution in [0.5, 0.6) is 0 Å². The van der Waals surface area contributed by atoms with Crippen LogP contribution >= 0.6 is 11.6 Å². The monoisotopic (exact) mass is 419 g/mol. The summed E-state index contributed by atoms with van der Waals surface area (Å²) in [5, 5.41) is 9.00. The zero-order valence-electron chi connectivity index (χ0n) is 19.0. The first-order valence-electron chi connectivity index (χ1n) is 9.47. The molecule has 1 aromatic rings. The summed E-state index contributed by atoms with van der Waals surface area (Å²) in [6, 6.07) is 7.35. The lowest BCUT2D eigenvalue weighted by atomic mass is 9.89. The molecule has 1 unspecified atom stereocenters. The Morgan fingerprint density at radius 3 is 2.17 bits per heavy atom. The van der Waals surface area contributed by atoms with Crippen molar-refractivity contribution >= 4 is 23.4 Å². The summed E-state index contributed by atoms with van der Waals surface area (Å²) in [5.41, 5.74) is 3.29. The van der Waals surface area contributed by atoms with E-state index in [2.05, 4.69) is 6.58 Å². The van der Waals surface area contributed by atoms with Crippen LogP contribution in [0.4, 0.5) is 0 Å². The second kappa shape index (κ2) is 14.6. The Morgan fingerprint density at radius 2 is 1.83 bits per heavy atom. The molecule has 0 radical (unpaired) electrons. The number of nitrogens with zero attached hydrogens (tertiary/aromatic N) is 1. The first-order valence-corrected chi connectivity index (χ1v) is 9.85. The minimum Gasteiger partial charge on any atom is -0.456 e. The maximum Gasteiger partial charge on any atom is 0.334 e. The molecule has 0 saturated heterocycles. The summed E-state index contributed by atoms with van der Waals surface area (Å²) >= 11 is 5.71. The van der Waals surface area contributed by atoms with Crippen LogP contribution in [-0.4, -0.2) is 17.4 Å². The molecule has 0 bridgehead atoms. The smallest absolute Gasteiger partial charge is 0.334 e. The van der Waals surface area contributed by atoms with Gasteiger partial charge in [0.15, 0.2) is 0 Å². The molecule has 4 nitrogen and oxygen atoms in total. The van der Waals surface area contributed by atoms with Gasteiger partial charge in [-0.2, -0.15) is 5.26 Å². The summed E-state index contributed by atoms with van der Waals surface area (Å²) in [4.78, 5) is 20.7. The van der Waals surface area contributed by atoms with E-state index in [9.17, 15) is 9.59 Å². The number of benzene rings is 1. The van der Waals surface area contributed by atoms with Crippen molar-refractivity contribution in [2.75, 3.05) is 0 Å². The lowest BCUT2D eigenvalue weighted by molar-refractivity contribution is -0.155. The van der Waals surface area contributed by atoms with Gasteiger partial charge in [0, 0.05) is 12.0 Å². The van der Waals surface area contributed by atoms with Crippen molar-refractivity contribution in [2.24, 2.45) is 0 Å². The zero-order valence-corrected chi connectivity index (χ0v) is 19.7. The van der Waals surface area contributed by atoms with E-state index in [1.54, 1.807) is 18.2 Å². The SMILES string of the molecule is C=CC.CC(C)=O.CCC1(C)CC(C)=C(C)C(=O)O1.Cc1ccc(C#N)c(Cl)c1. The lowest BCUT2D eigenvalue weighted by Crippen LogP contribution is -2.35. The molecule has 1 aromatic carbocycles. The van der Waals surface area contributed by atoms with Gasteiger partial charge in [0.25, 0.3) is 0 Å². The van der Waals surface area contributed by atoms with Gasteiger partial charge < -0.3 is 9.53 Å². The molecule has 5 heteroatoms. The number of carbonyl (C=O) groups is 2. The van der Waals surface area contributed by atoms with Crippen molar-refractivity contribution in [3.8, 4) is 6.07 Å². The van der Waals surface area contributed by atoms with Gasteiger partial charge in [-0.15, -0.1) is 6.58 Å². The molecule has 1 atom stereocenters. The highest BCUT2D eigenvalue weighted by Gasteiger charge is 2.32. The molecule has 0 saturated carbocycles. The Kier molecular flexibility index (Phi) is 14.5. The van der Waals surface area contributed by atoms with Crippen LogP contribution in [0.2, 0.25) is 5.02 Å². The highest BCUT2D eigenvalue weighted by atomic mass is 35.5. The Bertz CT molecular complexity index is 771. The number of hydrogen-bond donors (Lipinski definition) is 0. The van der Waals surface area contributed by atoms with Gasteiger partial charge >= 0.3 is 5.97 Å². The number of nitriles is 1. The number of cyclic esters (lactones) is 1. The van der Waals surface area contributed by atoms with Crippen LogP contribution < -0.4 is 0 Å². The number of esters is 1. The van der Waals surface area contributed by atoms with Gasteiger partial charge in [-0.3, -0.25) is 0 Å². The number of aryl methyl sites for hydroxylation is 1. The number of halogens is 1. The maximum absolute atomic E-state index is 11.3. The Morgan fingerprint density at radius 1 is 1.34 bits per heavy atom. The number of allylic oxidation sites excluding steroid dienone is 1. The molecule has 0 spiro atoms. The van der Waals surface area contributed by atoms with Crippen LogP contribution in [0, 0.1) is 18.3 Å². The van der Waals surface area contributed by atoms with Crippen LogP contribution in [0.3, 0.4) is 0 Å². The minimum absolute atomic E-state index is 0.150. The van der Waals surface area contributed by atoms with E-state index in [0.717, 1.165) is 29.6 Å². The molecule has 29 heavy (non-hydrogen) atoms. The molecule has 0 fully saturated rings. The maximum atomic E-state index is 11.3. The summed E-state index contributed by atoms with van der Waals surface area (Å²) in [6.07, 6.45) is 3.50. The van der Waals surface area contributed by atoms with Crippen molar-refractivity contribution in [3.05, 3.63) is 58.1 Å². The van der Waals surface area contributed by atoms with E-state index in [0.29, 0.717) is 10.6 Å². The fourth-order valence-electron chi connectivity index (χ4n) is 2.11. The van der Waals surface area contributed by atoms with Crippen LogP contribution in [0.15, 0.2) is 42.0 Å². The normalized spacial score (nSPS) is 17.0. The van der Waals surface area contributed by atoms with Crippen LogP contribution in [-0.2, 0) is 14.3 Å². The van der Waals surface area contributed by atoms with Crippen molar-refractivity contribution in [1.82, 2.24) is 0 Å². The second-order valence-corrected chi connectivity index (χ2v) is 7.59. The third kappa shape index (κ3) is 12.6. The Hall–Kier alpha value is -2.38. The van der Waals surface area contributed by atoms with Gasteiger partial charge in [0.05, 0.1) is 10.6 Å². The molecule has 1 aliphatic rings. The first-order chi connectivity index (χ1) is 13.4. The van der Waals surface area contributed by atoms with E-state index in [4.69, 9.17) is 21.6 Å². The van der Waals surface area contributed by atoms with E-state index in [-0.39, 0.29) is 17.4 Å². The number of ketones is 1. The van der Waals surface area contributed by atoms with Gasteiger partial charge in [-0.1, -0.05) is 36.2 Å². The highest BCUT2D eigenvalue weighted by Crippen LogP contribution is 2.31. The van der Waals surface area contributed by atoms with Crippen molar-refractivity contribution in [2.45, 2.75) is 73.8 Å². The topological polar surface area (TPSA) is 67.2 Å². The van der Waals surface area contributed by atoms with E-state index in [1.807, 2.05) is 53.7 Å². The predicted molar refractivity (Wildman–Crippen MR) is 121 cm³/mol. The average Bonchev–Trinajstić information content (AvgIpc) is 2.60. The third-order valence-electron chi connectivity index (χ3n) is 3.92. The molecule has 2 rings (SSSR count). The highest BCUT2D eigenvalue weighted by molar-refractivity contribution is 6.31. The molecule has 1 heterocycles. The summed E-state index contributed by atoms with van der Waals surface area (Å²) in [5.74, 6) is 0.0168. The molecule has 1 aliphatic heterocycles. The molecular weight excluding hydrogens is 386 g/mol. The summed E-state index contributed by atoms with van der Waals surface area (Å²) in [7, 11) is 0. The average molecular weight is 420 g/mol. The van der Waals surface area contributed by atoms with Crippen molar-refractivity contribution in [1.29, 1.82) is 5.26 Å². The quantitative estimate of drug-likeness (QED) is 0.373. The molecule has 0 N–H and O–H groups in total. The fourth-order valence-corrected chi connectivity index (χ4v) is 2.39. The number of carbonyl (C=O) groups excluding carboxylic acids is 2. The number of Topliss-reactive ketones (excluding diaryl/α,β-unsaturated/α-hetero) is 1. The fraction of sp³-hybridized carbons (Fsp3) is 0.458. The van der Waals surface area contributed by atoms with E-state index >= 15 is 0 Å². The number of ether oxygens (including phenoxy) is 1. The predicted octanol–water partition coefficient (Wildman–Crippen LogP) is 6.75. The van der Waals surface area contributed by atoms with Gasteiger partial charge in [-0.05, 0) is 72.6 Å². The van der Waals surface area contributed by atoms with Crippen LogP contribution in [0.25, 0.3) is 0 Å². The molecule has 0 aromatic heterocycles. The number of rotatable bonds is 1. The number of hydrogen-bond acceptors (Lipinski definition) is 4. The van der Waals surface area contributed by atoms with Crippen molar-refractivity contribution < 1.29 is 14.3 Å². The summed E-state index contributed by atoms with van der Waals surface area (Å²) in [6.45, 7) is 18.1. The Labute approximate surface area is 181 Å². The molecule has 0 aliphatic carbocycles. The minimum atomic E-state index is -0.263. The first kappa shape index (κ1) is 28.8. The standard InChI is InChI=1S/C10H16O2.C8H6ClN.C3H6O.C3H6/c1-5-10(4)6-7(2)8(3)9(11)12-10;1-6-2-3-7(5-10)8(9)4-6;1-3(2)4;1-3-2/h5-6H2,1-4H3;2-4H,1H3;1-2H3;3H,1H2,2H3. The van der Waals surface area contributed by atoms with E-state index < -0.39 is 0 Å². The van der Waals surface area contributed by atoms with Crippen LogP contribution in [0.1, 0.15) is 72.4 Å². The van der Waals surface area contributed by atoms with Gasteiger partial charge in [0.2, 0.25) is 0 Å². The molecule has 0 amide bonds. The molecule has 160 valence electrons. The van der Waals surface area contributed by atoms with Gasteiger partial charge in [0.1, 0.15) is 17.5 Å². The second-order valence-electron chi connectivity index (χ2n) is 7.19. The lowest BCUT2D eigenvalue weighted by Gasteiger charge is -2.33.